The monoisotopic (exact) mass is 354 g/mol. The summed E-state index contributed by atoms with van der Waals surface area (Å²) in [5, 5.41) is 2.77. The molecule has 0 radical (unpaired) electrons. The highest BCUT2D eigenvalue weighted by Gasteiger charge is 2.15. The molecule has 4 nitrogen and oxygen atoms in total. The van der Waals surface area contributed by atoms with E-state index in [1.807, 2.05) is 18.2 Å². The van der Waals surface area contributed by atoms with Crippen LogP contribution in [0.2, 0.25) is 0 Å². The van der Waals surface area contributed by atoms with Gasteiger partial charge in [0.1, 0.15) is 5.82 Å². The summed E-state index contributed by atoms with van der Waals surface area (Å²) in [6, 6.07) is 21.5. The predicted octanol–water partition coefficient (Wildman–Crippen LogP) is 4.21. The molecule has 0 bridgehead atoms. The van der Waals surface area contributed by atoms with Crippen molar-refractivity contribution in [3.05, 3.63) is 90.2 Å². The van der Waals surface area contributed by atoms with Crippen molar-refractivity contribution in [2.75, 3.05) is 10.0 Å². The van der Waals surface area contributed by atoms with Gasteiger partial charge in [-0.3, -0.25) is 4.79 Å². The average molecular weight is 354 g/mol. The fraction of sp³-hybridized carbons (Fsp3) is 0. The molecule has 25 heavy (non-hydrogen) atoms. The molecular weight excluding hydrogens is 339 g/mol. The summed E-state index contributed by atoms with van der Waals surface area (Å²) in [5.74, 6) is -0.917. The van der Waals surface area contributed by atoms with Gasteiger partial charge in [0, 0.05) is 5.69 Å². The first-order chi connectivity index (χ1) is 12.1. The van der Waals surface area contributed by atoms with Crippen molar-refractivity contribution >= 4 is 28.3 Å². The van der Waals surface area contributed by atoms with E-state index in [1.165, 1.54) is 18.2 Å². The van der Waals surface area contributed by atoms with Crippen LogP contribution in [0.4, 0.5) is 15.8 Å². The van der Waals surface area contributed by atoms with Crippen LogP contribution in [0.3, 0.4) is 0 Å². The lowest BCUT2D eigenvalue weighted by Gasteiger charge is -2.12. The van der Waals surface area contributed by atoms with Gasteiger partial charge in [-0.1, -0.05) is 42.5 Å². The van der Waals surface area contributed by atoms with Crippen molar-refractivity contribution in [1.29, 1.82) is 0 Å². The van der Waals surface area contributed by atoms with Crippen molar-refractivity contribution < 1.29 is 13.4 Å². The van der Waals surface area contributed by atoms with E-state index < -0.39 is 16.8 Å². The van der Waals surface area contributed by atoms with Gasteiger partial charge in [-0.25, -0.2) is 8.60 Å². The van der Waals surface area contributed by atoms with Crippen LogP contribution in [0, 0.1) is 5.82 Å². The molecule has 0 spiro atoms. The number of halogens is 1. The van der Waals surface area contributed by atoms with E-state index >= 15 is 0 Å². The number of amides is 1. The van der Waals surface area contributed by atoms with E-state index in [0.29, 0.717) is 16.9 Å². The maximum Gasteiger partial charge on any atom is 0.257 e. The normalized spacial score (nSPS) is 11.6. The number of benzene rings is 3. The third kappa shape index (κ3) is 4.10. The van der Waals surface area contributed by atoms with Gasteiger partial charge < -0.3 is 10.0 Å². The minimum absolute atomic E-state index is 0.0285. The van der Waals surface area contributed by atoms with Gasteiger partial charge in [-0.05, 0) is 36.4 Å². The van der Waals surface area contributed by atoms with Crippen LogP contribution in [0.15, 0.2) is 83.8 Å². The third-order valence-corrected chi connectivity index (χ3v) is 4.58. The standard InChI is InChI=1S/C19H15FN2O2S/c20-16-11-5-7-13-18(16)25(24)22-17-12-6-4-10-15(17)19(23)21-14-8-2-1-3-9-14/h1-13,22H,(H,21,23). The average Bonchev–Trinajstić information content (AvgIpc) is 2.63. The van der Waals surface area contributed by atoms with Gasteiger partial charge in [0.05, 0.1) is 16.1 Å². The van der Waals surface area contributed by atoms with Crippen LogP contribution in [0.5, 0.6) is 0 Å². The first-order valence-corrected chi connectivity index (χ1v) is 8.68. The van der Waals surface area contributed by atoms with E-state index in [4.69, 9.17) is 0 Å². The van der Waals surface area contributed by atoms with Crippen molar-refractivity contribution in [1.82, 2.24) is 0 Å². The number of rotatable bonds is 5. The summed E-state index contributed by atoms with van der Waals surface area (Å²) in [4.78, 5) is 12.5. The quantitative estimate of drug-likeness (QED) is 0.721. The third-order valence-electron chi connectivity index (χ3n) is 3.44. The maximum absolute atomic E-state index is 13.8. The van der Waals surface area contributed by atoms with Crippen LogP contribution in [0.25, 0.3) is 0 Å². The summed E-state index contributed by atoms with van der Waals surface area (Å²) in [6.45, 7) is 0. The van der Waals surface area contributed by atoms with Gasteiger partial charge in [-0.15, -0.1) is 0 Å². The highest BCUT2D eigenvalue weighted by atomic mass is 32.2. The maximum atomic E-state index is 13.8. The Morgan fingerprint density at radius 1 is 0.840 bits per heavy atom. The molecule has 0 aliphatic rings. The van der Waals surface area contributed by atoms with E-state index in [1.54, 1.807) is 42.5 Å². The minimum atomic E-state index is -1.82. The largest absolute Gasteiger partial charge is 0.322 e. The Bertz CT molecular complexity index is 916. The highest BCUT2D eigenvalue weighted by molar-refractivity contribution is 7.86. The van der Waals surface area contributed by atoms with Crippen LogP contribution < -0.4 is 10.0 Å². The van der Waals surface area contributed by atoms with Crippen molar-refractivity contribution in [2.24, 2.45) is 0 Å². The molecule has 0 aliphatic heterocycles. The molecule has 3 aromatic rings. The Kier molecular flexibility index (Phi) is 5.20. The number of carbonyl (C=O) groups is 1. The van der Waals surface area contributed by atoms with Crippen molar-refractivity contribution in [3.8, 4) is 0 Å². The molecule has 3 rings (SSSR count). The van der Waals surface area contributed by atoms with Crippen LogP contribution in [0.1, 0.15) is 10.4 Å². The Morgan fingerprint density at radius 2 is 1.48 bits per heavy atom. The van der Waals surface area contributed by atoms with Crippen LogP contribution in [-0.4, -0.2) is 10.1 Å². The zero-order valence-electron chi connectivity index (χ0n) is 13.1. The van der Waals surface area contributed by atoms with E-state index in [0.717, 1.165) is 0 Å². The van der Waals surface area contributed by atoms with Gasteiger partial charge in [-0.2, -0.15) is 0 Å². The molecule has 0 saturated carbocycles. The molecular formula is C19H15FN2O2S. The molecule has 0 saturated heterocycles. The Labute approximate surface area is 147 Å². The predicted molar refractivity (Wildman–Crippen MR) is 97.3 cm³/mol. The molecule has 3 aromatic carbocycles. The Balaban J connectivity index is 1.82. The van der Waals surface area contributed by atoms with E-state index in [-0.39, 0.29) is 10.8 Å². The summed E-state index contributed by atoms with van der Waals surface area (Å²) < 4.78 is 28.9. The second-order valence-electron chi connectivity index (χ2n) is 5.17. The van der Waals surface area contributed by atoms with Gasteiger partial charge >= 0.3 is 0 Å². The van der Waals surface area contributed by atoms with Crippen LogP contribution >= 0.6 is 0 Å². The Hall–Kier alpha value is -2.99. The fourth-order valence-electron chi connectivity index (χ4n) is 2.24. The minimum Gasteiger partial charge on any atom is -0.322 e. The highest BCUT2D eigenvalue weighted by Crippen LogP contribution is 2.20. The molecule has 1 amide bonds. The summed E-state index contributed by atoms with van der Waals surface area (Å²) in [7, 11) is -1.82. The number of para-hydroxylation sites is 2. The number of hydrogen-bond donors (Lipinski definition) is 2. The lowest BCUT2D eigenvalue weighted by Crippen LogP contribution is -2.16. The molecule has 0 heterocycles. The number of anilines is 2. The fourth-order valence-corrected chi connectivity index (χ4v) is 3.17. The summed E-state index contributed by atoms with van der Waals surface area (Å²) >= 11 is 0. The number of carbonyl (C=O) groups excluding carboxylic acids is 1. The van der Waals surface area contributed by atoms with Gasteiger partial charge in [0.2, 0.25) is 0 Å². The zero-order valence-corrected chi connectivity index (χ0v) is 13.9. The molecule has 0 aromatic heterocycles. The lowest BCUT2D eigenvalue weighted by molar-refractivity contribution is 0.102. The van der Waals surface area contributed by atoms with Crippen molar-refractivity contribution in [3.63, 3.8) is 0 Å². The van der Waals surface area contributed by atoms with E-state index in [9.17, 15) is 13.4 Å². The second kappa shape index (κ2) is 7.72. The second-order valence-corrected chi connectivity index (χ2v) is 6.35. The molecule has 126 valence electrons. The van der Waals surface area contributed by atoms with Gasteiger partial charge in [0.15, 0.2) is 11.0 Å². The topological polar surface area (TPSA) is 58.2 Å². The molecule has 6 heteroatoms. The van der Waals surface area contributed by atoms with Crippen molar-refractivity contribution in [2.45, 2.75) is 4.90 Å². The molecule has 1 unspecified atom stereocenters. The summed E-state index contributed by atoms with van der Waals surface area (Å²) in [6.07, 6.45) is 0. The lowest BCUT2D eigenvalue weighted by atomic mass is 10.1. The molecule has 2 N–H and O–H groups in total. The summed E-state index contributed by atoms with van der Waals surface area (Å²) in [5.41, 5.74) is 1.33. The van der Waals surface area contributed by atoms with Crippen LogP contribution in [-0.2, 0) is 11.0 Å². The SMILES string of the molecule is O=C(Nc1ccccc1)c1ccccc1NS(=O)c1ccccc1F. The van der Waals surface area contributed by atoms with Gasteiger partial charge in [0.25, 0.3) is 5.91 Å². The number of hydrogen-bond acceptors (Lipinski definition) is 2. The smallest absolute Gasteiger partial charge is 0.257 e. The molecule has 1 atom stereocenters. The first-order valence-electron chi connectivity index (χ1n) is 7.53. The first kappa shape index (κ1) is 16.9. The Morgan fingerprint density at radius 3 is 2.24 bits per heavy atom. The number of nitrogens with one attached hydrogen (secondary N) is 2. The molecule has 0 aliphatic carbocycles. The zero-order chi connectivity index (χ0) is 17.6. The molecule has 0 fully saturated rings. The van der Waals surface area contributed by atoms with E-state index in [2.05, 4.69) is 10.0 Å².